The van der Waals surface area contributed by atoms with E-state index in [2.05, 4.69) is 22.5 Å². The van der Waals surface area contributed by atoms with Crippen LogP contribution in [-0.2, 0) is 0 Å². The minimum absolute atomic E-state index is 0. The zero-order chi connectivity index (χ0) is 13.7. The van der Waals surface area contributed by atoms with Crippen molar-refractivity contribution >= 4 is 29.7 Å². The largest absolute Gasteiger partial charge is 0.351 e. The Balaban J connectivity index is 0.00000200. The Morgan fingerprint density at radius 2 is 2.10 bits per heavy atom. The molecule has 1 aromatic heterocycles. The molecule has 0 radical (unpaired) electrons. The molecule has 1 aliphatic rings. The van der Waals surface area contributed by atoms with Crippen LogP contribution in [0.5, 0.6) is 0 Å². The van der Waals surface area contributed by atoms with Gasteiger partial charge in [0.05, 0.1) is 4.88 Å². The van der Waals surface area contributed by atoms with E-state index in [4.69, 9.17) is 0 Å². The number of hydrogen-bond donors (Lipinski definition) is 2. The molecule has 4 nitrogen and oxygen atoms in total. The van der Waals surface area contributed by atoms with E-state index < -0.39 is 0 Å². The third kappa shape index (κ3) is 5.05. The number of carbonyl (C=O) groups is 1. The number of amides is 1. The first kappa shape index (κ1) is 17.4. The summed E-state index contributed by atoms with van der Waals surface area (Å²) in [5.41, 5.74) is 1.20. The normalized spacial score (nSPS) is 15.7. The average molecular weight is 318 g/mol. The van der Waals surface area contributed by atoms with E-state index in [1.54, 1.807) is 11.3 Å². The van der Waals surface area contributed by atoms with Gasteiger partial charge in [-0.15, -0.1) is 23.7 Å². The van der Waals surface area contributed by atoms with E-state index in [-0.39, 0.29) is 18.3 Å². The summed E-state index contributed by atoms with van der Waals surface area (Å²) >= 11 is 1.58. The van der Waals surface area contributed by atoms with Gasteiger partial charge in [0, 0.05) is 37.6 Å². The fourth-order valence-electron chi connectivity index (χ4n) is 2.21. The SMILES string of the molecule is Cc1cc(C(=O)NCCCN2CCNCC2)sc1C.Cl. The predicted octanol–water partition coefficient (Wildman–Crippen LogP) is 1.81. The highest BCUT2D eigenvalue weighted by Crippen LogP contribution is 2.20. The van der Waals surface area contributed by atoms with Crippen LogP contribution < -0.4 is 10.6 Å². The summed E-state index contributed by atoms with van der Waals surface area (Å²) in [6.07, 6.45) is 1.02. The lowest BCUT2D eigenvalue weighted by molar-refractivity contribution is 0.0955. The lowest BCUT2D eigenvalue weighted by atomic mass is 10.3. The number of piperazine rings is 1. The summed E-state index contributed by atoms with van der Waals surface area (Å²) in [4.78, 5) is 16.4. The van der Waals surface area contributed by atoms with Crippen LogP contribution in [0.1, 0.15) is 26.5 Å². The molecule has 0 saturated carbocycles. The highest BCUT2D eigenvalue weighted by molar-refractivity contribution is 7.14. The smallest absolute Gasteiger partial charge is 0.261 e. The van der Waals surface area contributed by atoms with E-state index in [9.17, 15) is 4.79 Å². The molecule has 2 rings (SSSR count). The van der Waals surface area contributed by atoms with Crippen molar-refractivity contribution in [1.82, 2.24) is 15.5 Å². The topological polar surface area (TPSA) is 44.4 Å². The van der Waals surface area contributed by atoms with Crippen molar-refractivity contribution in [1.29, 1.82) is 0 Å². The molecule has 1 amide bonds. The van der Waals surface area contributed by atoms with Gasteiger partial charge in [-0.25, -0.2) is 0 Å². The summed E-state index contributed by atoms with van der Waals surface area (Å²) in [6.45, 7) is 10.4. The average Bonchev–Trinajstić information content (AvgIpc) is 2.76. The third-order valence-electron chi connectivity index (χ3n) is 3.54. The number of rotatable bonds is 5. The molecule has 20 heavy (non-hydrogen) atoms. The van der Waals surface area contributed by atoms with Crippen LogP contribution in [0.4, 0.5) is 0 Å². The van der Waals surface area contributed by atoms with Gasteiger partial charge in [-0.05, 0) is 38.4 Å². The zero-order valence-corrected chi connectivity index (χ0v) is 13.8. The summed E-state index contributed by atoms with van der Waals surface area (Å²) < 4.78 is 0. The molecule has 0 bridgehead atoms. The molecule has 0 unspecified atom stereocenters. The van der Waals surface area contributed by atoms with Crippen LogP contribution in [-0.4, -0.2) is 50.1 Å². The molecular formula is C14H24ClN3OS. The first-order valence-corrected chi connectivity index (χ1v) is 7.77. The molecule has 1 aromatic rings. The van der Waals surface area contributed by atoms with Crippen molar-refractivity contribution in [2.45, 2.75) is 20.3 Å². The van der Waals surface area contributed by atoms with Crippen molar-refractivity contribution in [2.75, 3.05) is 39.3 Å². The Morgan fingerprint density at radius 3 is 2.70 bits per heavy atom. The molecule has 6 heteroatoms. The number of hydrogen-bond acceptors (Lipinski definition) is 4. The van der Waals surface area contributed by atoms with Crippen LogP contribution in [0.3, 0.4) is 0 Å². The number of carbonyl (C=O) groups excluding carboxylic acids is 1. The fraction of sp³-hybridized carbons (Fsp3) is 0.643. The number of thiophene rings is 1. The standard InChI is InChI=1S/C14H23N3OS.ClH/c1-11-10-13(19-12(11)2)14(18)16-4-3-7-17-8-5-15-6-9-17;/h10,15H,3-9H2,1-2H3,(H,16,18);1H. The summed E-state index contributed by atoms with van der Waals surface area (Å²) in [6, 6.07) is 1.98. The maximum Gasteiger partial charge on any atom is 0.261 e. The molecule has 1 aliphatic heterocycles. The van der Waals surface area contributed by atoms with Crippen molar-refractivity contribution in [3.8, 4) is 0 Å². The first-order valence-electron chi connectivity index (χ1n) is 6.95. The molecule has 2 N–H and O–H groups in total. The van der Waals surface area contributed by atoms with Gasteiger partial charge in [-0.3, -0.25) is 4.79 Å². The van der Waals surface area contributed by atoms with Gasteiger partial charge < -0.3 is 15.5 Å². The van der Waals surface area contributed by atoms with Crippen LogP contribution >= 0.6 is 23.7 Å². The lowest BCUT2D eigenvalue weighted by Gasteiger charge is -2.27. The minimum Gasteiger partial charge on any atom is -0.351 e. The molecule has 0 atom stereocenters. The van der Waals surface area contributed by atoms with Gasteiger partial charge in [0.2, 0.25) is 0 Å². The van der Waals surface area contributed by atoms with Crippen LogP contribution in [0.25, 0.3) is 0 Å². The summed E-state index contributed by atoms with van der Waals surface area (Å²) in [5, 5.41) is 6.35. The number of nitrogens with one attached hydrogen (secondary N) is 2. The third-order valence-corrected chi connectivity index (χ3v) is 4.69. The summed E-state index contributed by atoms with van der Waals surface area (Å²) in [7, 11) is 0. The van der Waals surface area contributed by atoms with Gasteiger partial charge in [0.25, 0.3) is 5.91 Å². The Kier molecular flexibility index (Phi) is 7.51. The van der Waals surface area contributed by atoms with E-state index in [0.717, 1.165) is 50.6 Å². The van der Waals surface area contributed by atoms with E-state index in [0.29, 0.717) is 0 Å². The second-order valence-electron chi connectivity index (χ2n) is 5.05. The minimum atomic E-state index is 0. The Labute approximate surface area is 131 Å². The Morgan fingerprint density at radius 1 is 1.40 bits per heavy atom. The van der Waals surface area contributed by atoms with Gasteiger partial charge >= 0.3 is 0 Å². The van der Waals surface area contributed by atoms with Gasteiger partial charge in [-0.2, -0.15) is 0 Å². The predicted molar refractivity (Wildman–Crippen MR) is 87.3 cm³/mol. The van der Waals surface area contributed by atoms with Crippen LogP contribution in [0.15, 0.2) is 6.07 Å². The number of halogens is 1. The van der Waals surface area contributed by atoms with Crippen LogP contribution in [0, 0.1) is 13.8 Å². The first-order chi connectivity index (χ1) is 9.16. The lowest BCUT2D eigenvalue weighted by Crippen LogP contribution is -2.44. The number of aryl methyl sites for hydroxylation is 2. The molecule has 114 valence electrons. The van der Waals surface area contributed by atoms with Crippen molar-refractivity contribution in [2.24, 2.45) is 0 Å². The Hall–Kier alpha value is -0.620. The highest BCUT2D eigenvalue weighted by atomic mass is 35.5. The van der Waals surface area contributed by atoms with Crippen molar-refractivity contribution < 1.29 is 4.79 Å². The van der Waals surface area contributed by atoms with Crippen molar-refractivity contribution in [3.63, 3.8) is 0 Å². The van der Waals surface area contributed by atoms with Gasteiger partial charge in [-0.1, -0.05) is 0 Å². The quantitative estimate of drug-likeness (QED) is 0.814. The molecule has 2 heterocycles. The molecular weight excluding hydrogens is 294 g/mol. The summed E-state index contributed by atoms with van der Waals surface area (Å²) in [5.74, 6) is 0.0708. The van der Waals surface area contributed by atoms with Gasteiger partial charge in [0.1, 0.15) is 0 Å². The fourth-order valence-corrected chi connectivity index (χ4v) is 3.16. The highest BCUT2D eigenvalue weighted by Gasteiger charge is 2.11. The maximum absolute atomic E-state index is 11.9. The second-order valence-corrected chi connectivity index (χ2v) is 6.31. The number of nitrogens with zero attached hydrogens (tertiary/aromatic N) is 1. The maximum atomic E-state index is 11.9. The van der Waals surface area contributed by atoms with Gasteiger partial charge in [0.15, 0.2) is 0 Å². The molecule has 0 spiro atoms. The van der Waals surface area contributed by atoms with E-state index in [1.807, 2.05) is 13.0 Å². The Bertz CT molecular complexity index is 411. The molecule has 1 saturated heterocycles. The molecule has 0 aromatic carbocycles. The van der Waals surface area contributed by atoms with E-state index in [1.165, 1.54) is 10.4 Å². The monoisotopic (exact) mass is 317 g/mol. The van der Waals surface area contributed by atoms with Crippen molar-refractivity contribution in [3.05, 3.63) is 21.4 Å². The molecule has 0 aliphatic carbocycles. The molecule has 1 fully saturated rings. The van der Waals surface area contributed by atoms with E-state index >= 15 is 0 Å². The second kappa shape index (κ2) is 8.62. The zero-order valence-electron chi connectivity index (χ0n) is 12.2. The van der Waals surface area contributed by atoms with Crippen LogP contribution in [0.2, 0.25) is 0 Å².